The van der Waals surface area contributed by atoms with Gasteiger partial charge in [0.2, 0.25) is 6.29 Å². The van der Waals surface area contributed by atoms with Gasteiger partial charge in [-0.15, -0.1) is 0 Å². The summed E-state index contributed by atoms with van der Waals surface area (Å²) < 4.78 is 34.5. The van der Waals surface area contributed by atoms with Crippen molar-refractivity contribution in [3.63, 3.8) is 0 Å². The van der Waals surface area contributed by atoms with E-state index in [0.717, 1.165) is 18.4 Å². The third-order valence-electron chi connectivity index (χ3n) is 18.7. The number of aliphatic hydroxyl groups is 12. The molecular formula is C47H74O19. The van der Waals surface area contributed by atoms with Crippen molar-refractivity contribution < 1.29 is 94.5 Å². The molecule has 0 aromatic carbocycles. The van der Waals surface area contributed by atoms with E-state index in [1.165, 1.54) is 12.5 Å². The molecule has 3 saturated carbocycles. The van der Waals surface area contributed by atoms with Crippen LogP contribution >= 0.6 is 0 Å². The molecule has 3 heterocycles. The molecule has 25 atom stereocenters. The first kappa shape index (κ1) is 50.7. The third-order valence-corrected chi connectivity index (χ3v) is 18.7. The SMILES string of the molecule is CC1=CC[C@]2(C(=O)O[C@@H]3O[C@H](CO[C@@H]4O[C@H](CO)[C@@H](O[C@@H]5O[C@@H](C)[C@H](O)[C@@H](O)[C@H]5O)[C@H](O)[C@H]4O)[C@@H](O)[C@H](O)[C@H]3O)CC[C@]3(C)C(=CC[C@@H]4[C@@]5(C)C[C@@H](O)[C@H](O)[C@@](C)(CO)[C@@H]5CC[C@]43C)[C@@H]2C1. The van der Waals surface area contributed by atoms with Crippen LogP contribution in [0.4, 0.5) is 0 Å². The Bertz CT molecular complexity index is 1850. The van der Waals surface area contributed by atoms with E-state index in [-0.39, 0.29) is 40.6 Å². The number of esters is 1. The van der Waals surface area contributed by atoms with Crippen LogP contribution in [-0.2, 0) is 33.2 Å². The smallest absolute Gasteiger partial charge is 0.315 e. The summed E-state index contributed by atoms with van der Waals surface area (Å²) in [7, 11) is 0. The number of rotatable bonds is 9. The van der Waals surface area contributed by atoms with Crippen LogP contribution in [0.1, 0.15) is 92.9 Å². The maximum Gasteiger partial charge on any atom is 0.315 e. The number of carbonyl (C=O) groups is 1. The minimum Gasteiger partial charge on any atom is -0.432 e. The van der Waals surface area contributed by atoms with Gasteiger partial charge in [-0.2, -0.15) is 0 Å². The highest BCUT2D eigenvalue weighted by Gasteiger charge is 2.70. The van der Waals surface area contributed by atoms with Gasteiger partial charge in [-0.1, -0.05) is 51.0 Å². The third kappa shape index (κ3) is 7.70. The lowest BCUT2D eigenvalue weighted by Crippen LogP contribution is -2.68. The van der Waals surface area contributed by atoms with Gasteiger partial charge in [-0.3, -0.25) is 4.79 Å². The second kappa shape index (κ2) is 18.1. The van der Waals surface area contributed by atoms with Gasteiger partial charge < -0.3 is 89.7 Å². The van der Waals surface area contributed by atoms with Crippen molar-refractivity contribution in [2.45, 2.75) is 197 Å². The fourth-order valence-electron chi connectivity index (χ4n) is 14.4. The first-order valence-electron chi connectivity index (χ1n) is 23.8. The number of hydrogen-bond donors (Lipinski definition) is 12. The van der Waals surface area contributed by atoms with E-state index in [0.29, 0.717) is 38.5 Å². The molecule has 3 aliphatic heterocycles. The Kier molecular flexibility index (Phi) is 13.9. The molecule has 0 aromatic heterocycles. The van der Waals surface area contributed by atoms with Crippen LogP contribution in [0, 0.1) is 44.8 Å². The van der Waals surface area contributed by atoms with E-state index in [4.69, 9.17) is 28.4 Å². The molecule has 12 N–H and O–H groups in total. The second-order valence-corrected chi connectivity index (χ2v) is 22.1. The van der Waals surface area contributed by atoms with E-state index in [9.17, 15) is 66.1 Å². The number of carbonyl (C=O) groups excluding carboxylic acids is 1. The van der Waals surface area contributed by atoms with Crippen molar-refractivity contribution in [2.24, 2.45) is 44.8 Å². The minimum atomic E-state index is -1.87. The van der Waals surface area contributed by atoms with Gasteiger partial charge in [0.15, 0.2) is 12.6 Å². The fraction of sp³-hybridized carbons (Fsp3) is 0.894. The quantitative estimate of drug-likeness (QED) is 0.0939. The van der Waals surface area contributed by atoms with Crippen LogP contribution < -0.4 is 0 Å². The molecule has 19 nitrogen and oxygen atoms in total. The Morgan fingerprint density at radius 1 is 0.742 bits per heavy atom. The molecule has 6 fully saturated rings. The lowest BCUT2D eigenvalue weighted by molar-refractivity contribution is -0.361. The molecule has 0 unspecified atom stereocenters. The number of hydrogen-bond acceptors (Lipinski definition) is 19. The van der Waals surface area contributed by atoms with Crippen molar-refractivity contribution >= 4 is 5.97 Å². The van der Waals surface area contributed by atoms with Gasteiger partial charge in [0.05, 0.1) is 43.5 Å². The van der Waals surface area contributed by atoms with Crippen LogP contribution in [0.5, 0.6) is 0 Å². The van der Waals surface area contributed by atoms with E-state index < -0.39 is 134 Å². The van der Waals surface area contributed by atoms with Crippen molar-refractivity contribution in [1.82, 2.24) is 0 Å². The van der Waals surface area contributed by atoms with Crippen LogP contribution in [0.25, 0.3) is 0 Å². The maximum atomic E-state index is 14.8. The summed E-state index contributed by atoms with van der Waals surface area (Å²) in [5, 5.41) is 129. The molecule has 5 aliphatic carbocycles. The molecule has 0 radical (unpaired) electrons. The highest BCUT2D eigenvalue weighted by Crippen LogP contribution is 2.75. The molecule has 0 spiro atoms. The summed E-state index contributed by atoms with van der Waals surface area (Å²) in [6, 6.07) is 0. The number of ether oxygens (including phenoxy) is 6. The standard InChI is InChI=1S/C47H74O19/c1-20-9-12-47(14-13-45(5)22(23(47)15-20)7-8-28-43(3)16-24(50)38(59)44(4,19-49)27(43)10-11-46(28,45)6)42(60)66-41-35(57)32(54)30(52)26(64-41)18-61-39-36(58)33(55)37(25(17-48)63-39)65-40-34(56)31(53)29(51)21(2)62-40/h7,9,21,23-41,48-59H,8,10-19H2,1-6H3/t21-,23-,24+,25+,26+,27+,28+,29-,30+,31+,32-,33+,34+,35+,36+,37+,38-,39+,40-,41-,43-,44-,45+,46+,47-/m0/s1. The average molecular weight is 943 g/mol. The Morgan fingerprint density at radius 3 is 2.08 bits per heavy atom. The van der Waals surface area contributed by atoms with Crippen LogP contribution in [0.15, 0.2) is 23.3 Å². The van der Waals surface area contributed by atoms with Crippen molar-refractivity contribution in [2.75, 3.05) is 19.8 Å². The summed E-state index contributed by atoms with van der Waals surface area (Å²) in [6.07, 6.45) is -17.4. The Morgan fingerprint density at radius 2 is 1.39 bits per heavy atom. The Hall–Kier alpha value is -1.73. The first-order chi connectivity index (χ1) is 30.9. The summed E-state index contributed by atoms with van der Waals surface area (Å²) in [4.78, 5) is 14.8. The summed E-state index contributed by atoms with van der Waals surface area (Å²) >= 11 is 0. The number of aliphatic hydroxyl groups excluding tert-OH is 12. The zero-order valence-electron chi connectivity index (χ0n) is 38.7. The molecule has 19 heteroatoms. The van der Waals surface area contributed by atoms with Gasteiger partial charge in [0, 0.05) is 11.3 Å². The molecule has 0 bridgehead atoms. The highest BCUT2D eigenvalue weighted by molar-refractivity contribution is 5.79. The number of fused-ring (bicyclic) bond motifs is 7. The molecule has 376 valence electrons. The van der Waals surface area contributed by atoms with Crippen molar-refractivity contribution in [3.8, 4) is 0 Å². The molecule has 66 heavy (non-hydrogen) atoms. The molecular weight excluding hydrogens is 868 g/mol. The summed E-state index contributed by atoms with van der Waals surface area (Å²) in [6.45, 7) is 10.6. The largest absolute Gasteiger partial charge is 0.432 e. The van der Waals surface area contributed by atoms with Gasteiger partial charge >= 0.3 is 5.97 Å². The monoisotopic (exact) mass is 942 g/mol. The van der Waals surface area contributed by atoms with Gasteiger partial charge in [0.1, 0.15) is 67.1 Å². The summed E-state index contributed by atoms with van der Waals surface area (Å²) in [5.74, 6) is -0.799. The van der Waals surface area contributed by atoms with Crippen LogP contribution in [-0.4, -0.2) is 191 Å². The molecule has 8 aliphatic rings. The average Bonchev–Trinajstić information content (AvgIpc) is 3.28. The zero-order valence-corrected chi connectivity index (χ0v) is 38.7. The molecule has 0 aromatic rings. The van der Waals surface area contributed by atoms with Gasteiger partial charge in [-0.25, -0.2) is 0 Å². The minimum absolute atomic E-state index is 0.0147. The van der Waals surface area contributed by atoms with Gasteiger partial charge in [-0.05, 0) is 93.3 Å². The van der Waals surface area contributed by atoms with Gasteiger partial charge in [0.25, 0.3) is 0 Å². The first-order valence-corrected chi connectivity index (χ1v) is 23.8. The molecule has 3 saturated heterocycles. The van der Waals surface area contributed by atoms with E-state index >= 15 is 0 Å². The van der Waals surface area contributed by atoms with Crippen molar-refractivity contribution in [3.05, 3.63) is 23.3 Å². The molecule has 8 rings (SSSR count). The normalized spacial score (nSPS) is 55.0. The Labute approximate surface area is 384 Å². The summed E-state index contributed by atoms with van der Waals surface area (Å²) in [5.41, 5.74) is -0.620. The zero-order chi connectivity index (χ0) is 48.2. The fourth-order valence-corrected chi connectivity index (χ4v) is 14.4. The predicted molar refractivity (Wildman–Crippen MR) is 227 cm³/mol. The lowest BCUT2D eigenvalue weighted by atomic mass is 9.33. The number of allylic oxidation sites excluding steroid dienone is 4. The van der Waals surface area contributed by atoms with E-state index in [1.54, 1.807) is 0 Å². The predicted octanol–water partition coefficient (Wildman–Crippen LogP) is -1.36. The van der Waals surface area contributed by atoms with Crippen LogP contribution in [0.2, 0.25) is 0 Å². The second-order valence-electron chi connectivity index (χ2n) is 22.1. The maximum absolute atomic E-state index is 14.8. The van der Waals surface area contributed by atoms with Crippen LogP contribution in [0.3, 0.4) is 0 Å². The topological polar surface area (TPSA) is 315 Å². The molecule has 0 amide bonds. The Balaban J connectivity index is 0.972. The highest BCUT2D eigenvalue weighted by atomic mass is 16.8. The van der Waals surface area contributed by atoms with E-state index in [1.807, 2.05) is 19.9 Å². The van der Waals surface area contributed by atoms with Crippen molar-refractivity contribution in [1.29, 1.82) is 0 Å². The lowest BCUT2D eigenvalue weighted by Gasteiger charge is -2.71. The van der Waals surface area contributed by atoms with E-state index in [2.05, 4.69) is 26.8 Å².